The number of rotatable bonds is 2. The van der Waals surface area contributed by atoms with E-state index in [2.05, 4.69) is 10.6 Å². The van der Waals surface area contributed by atoms with Crippen LogP contribution in [-0.2, 0) is 14.3 Å². The third-order valence-electron chi connectivity index (χ3n) is 5.66. The van der Waals surface area contributed by atoms with Gasteiger partial charge in [-0.25, -0.2) is 0 Å². The van der Waals surface area contributed by atoms with Gasteiger partial charge in [0.25, 0.3) is 0 Å². The van der Waals surface area contributed by atoms with E-state index >= 15 is 0 Å². The van der Waals surface area contributed by atoms with Gasteiger partial charge in [0.1, 0.15) is 5.54 Å². The monoisotopic (exact) mass is 295 g/mol. The third-order valence-corrected chi connectivity index (χ3v) is 5.66. The molecule has 0 aromatic carbocycles. The van der Waals surface area contributed by atoms with Crippen LogP contribution in [0, 0.1) is 11.3 Å². The Morgan fingerprint density at radius 2 is 2.19 bits per heavy atom. The molecule has 1 saturated carbocycles. The number of hydrogen-bond acceptors (Lipinski definition) is 4. The van der Waals surface area contributed by atoms with E-state index in [0.717, 1.165) is 19.4 Å². The molecular weight excluding hydrogens is 270 g/mol. The van der Waals surface area contributed by atoms with Gasteiger partial charge in [0, 0.05) is 36.9 Å². The number of carbonyl (C=O) groups is 2. The van der Waals surface area contributed by atoms with Crippen LogP contribution in [0.2, 0.25) is 0 Å². The Hall–Kier alpha value is -1.14. The molecule has 118 valence electrons. The molecule has 0 bridgehead atoms. The van der Waals surface area contributed by atoms with Crippen LogP contribution in [0.3, 0.4) is 0 Å². The number of nitrogens with two attached hydrogens (primary N) is 1. The molecule has 4 atom stereocenters. The van der Waals surface area contributed by atoms with E-state index in [1.165, 1.54) is 0 Å². The molecule has 6 heteroatoms. The van der Waals surface area contributed by atoms with Gasteiger partial charge in [-0.2, -0.15) is 0 Å². The fourth-order valence-corrected chi connectivity index (χ4v) is 4.20. The number of fused-ring (bicyclic) bond motifs is 1. The maximum atomic E-state index is 12.8. The average molecular weight is 295 g/mol. The van der Waals surface area contributed by atoms with Crippen molar-refractivity contribution in [3.8, 4) is 0 Å². The second-order valence-electron chi connectivity index (χ2n) is 7.14. The Labute approximate surface area is 125 Å². The van der Waals surface area contributed by atoms with Crippen LogP contribution in [0.1, 0.15) is 39.5 Å². The molecule has 2 saturated heterocycles. The van der Waals surface area contributed by atoms with Crippen molar-refractivity contribution in [2.75, 3.05) is 13.2 Å². The number of hydrogen-bond donors (Lipinski definition) is 3. The molecule has 2 amide bonds. The molecule has 0 aromatic rings. The molecule has 0 spiro atoms. The van der Waals surface area contributed by atoms with Crippen molar-refractivity contribution in [2.45, 2.75) is 57.2 Å². The topological polar surface area (TPSA) is 93.4 Å². The normalized spacial score (nSPS) is 41.5. The van der Waals surface area contributed by atoms with E-state index in [-0.39, 0.29) is 35.3 Å². The second kappa shape index (κ2) is 4.95. The first-order valence-electron chi connectivity index (χ1n) is 7.85. The maximum absolute atomic E-state index is 12.8. The minimum Gasteiger partial charge on any atom is -0.377 e. The molecule has 2 aliphatic heterocycles. The number of carbonyl (C=O) groups excluding carboxylic acids is 2. The van der Waals surface area contributed by atoms with E-state index in [4.69, 9.17) is 10.5 Å². The summed E-state index contributed by atoms with van der Waals surface area (Å²) in [5, 5.41) is 5.82. The lowest BCUT2D eigenvalue weighted by atomic mass is 9.46. The minimum absolute atomic E-state index is 0.0185. The largest absolute Gasteiger partial charge is 0.377 e. The molecule has 6 nitrogen and oxygen atoms in total. The van der Waals surface area contributed by atoms with Gasteiger partial charge in [-0.3, -0.25) is 9.59 Å². The summed E-state index contributed by atoms with van der Waals surface area (Å²) in [6, 6.07) is -0.0185. The van der Waals surface area contributed by atoms with Gasteiger partial charge >= 0.3 is 0 Å². The fraction of sp³-hybridized carbons (Fsp3) is 0.867. The number of amides is 2. The van der Waals surface area contributed by atoms with Gasteiger partial charge in [-0.1, -0.05) is 13.8 Å². The third kappa shape index (κ3) is 2.07. The highest BCUT2D eigenvalue weighted by molar-refractivity contribution is 5.90. The molecule has 2 heterocycles. The Kier molecular flexibility index (Phi) is 3.48. The summed E-state index contributed by atoms with van der Waals surface area (Å²) >= 11 is 0. The SMILES string of the molecule is CC1(C)C2OCCCC2C1(N)C(=O)NC1CCC(=O)NC1. The van der Waals surface area contributed by atoms with Gasteiger partial charge in [0.15, 0.2) is 0 Å². The highest BCUT2D eigenvalue weighted by Crippen LogP contribution is 2.57. The lowest BCUT2D eigenvalue weighted by Crippen LogP contribution is -2.82. The second-order valence-corrected chi connectivity index (χ2v) is 7.14. The highest BCUT2D eigenvalue weighted by atomic mass is 16.5. The lowest BCUT2D eigenvalue weighted by molar-refractivity contribution is -0.225. The molecular formula is C15H25N3O3. The van der Waals surface area contributed by atoms with Gasteiger partial charge in [-0.15, -0.1) is 0 Å². The molecule has 3 fully saturated rings. The van der Waals surface area contributed by atoms with Crippen LogP contribution in [0.25, 0.3) is 0 Å². The van der Waals surface area contributed by atoms with Gasteiger partial charge in [0.05, 0.1) is 6.10 Å². The molecule has 1 aliphatic carbocycles. The fourth-order valence-electron chi connectivity index (χ4n) is 4.20. The zero-order chi connectivity index (χ0) is 15.3. The average Bonchev–Trinajstić information content (AvgIpc) is 2.48. The summed E-state index contributed by atoms with van der Waals surface area (Å²) in [6.07, 6.45) is 3.12. The molecule has 21 heavy (non-hydrogen) atoms. The minimum atomic E-state index is -0.875. The maximum Gasteiger partial charge on any atom is 0.241 e. The summed E-state index contributed by atoms with van der Waals surface area (Å²) in [7, 11) is 0. The van der Waals surface area contributed by atoms with E-state index in [9.17, 15) is 9.59 Å². The summed E-state index contributed by atoms with van der Waals surface area (Å²) in [6.45, 7) is 5.28. The molecule has 4 N–H and O–H groups in total. The Balaban J connectivity index is 1.69. The van der Waals surface area contributed by atoms with Crippen LogP contribution in [0.5, 0.6) is 0 Å². The van der Waals surface area contributed by atoms with Crippen molar-refractivity contribution in [3.63, 3.8) is 0 Å². The summed E-state index contributed by atoms with van der Waals surface area (Å²) in [5.41, 5.74) is 5.31. The highest BCUT2D eigenvalue weighted by Gasteiger charge is 2.70. The summed E-state index contributed by atoms with van der Waals surface area (Å²) in [4.78, 5) is 23.9. The van der Waals surface area contributed by atoms with E-state index in [1.54, 1.807) is 0 Å². The zero-order valence-corrected chi connectivity index (χ0v) is 12.8. The van der Waals surface area contributed by atoms with Crippen molar-refractivity contribution in [3.05, 3.63) is 0 Å². The zero-order valence-electron chi connectivity index (χ0n) is 12.8. The lowest BCUT2D eigenvalue weighted by Gasteiger charge is -2.65. The Bertz CT molecular complexity index is 455. The number of ether oxygens (including phenoxy) is 1. The van der Waals surface area contributed by atoms with E-state index in [1.807, 2.05) is 13.8 Å². The molecule has 0 radical (unpaired) electrons. The Morgan fingerprint density at radius 3 is 2.86 bits per heavy atom. The van der Waals surface area contributed by atoms with Crippen LogP contribution >= 0.6 is 0 Å². The standard InChI is InChI=1S/C15H25N3O3/c1-14(2)12-10(4-3-7-21-12)15(14,16)13(20)18-9-5-6-11(19)17-8-9/h9-10,12H,3-8,16H2,1-2H3,(H,17,19)(H,18,20). The first-order valence-corrected chi connectivity index (χ1v) is 7.85. The van der Waals surface area contributed by atoms with Crippen molar-refractivity contribution in [2.24, 2.45) is 17.1 Å². The van der Waals surface area contributed by atoms with Crippen molar-refractivity contribution in [1.82, 2.24) is 10.6 Å². The predicted octanol–water partition coefficient (Wildman–Crippen LogP) is -0.0863. The number of nitrogens with one attached hydrogen (secondary N) is 2. The molecule has 3 rings (SSSR count). The number of piperidine rings is 1. The summed E-state index contributed by atoms with van der Waals surface area (Å²) < 4.78 is 5.82. The Morgan fingerprint density at radius 1 is 1.43 bits per heavy atom. The summed E-state index contributed by atoms with van der Waals surface area (Å²) in [5.74, 6) is 0.0486. The van der Waals surface area contributed by atoms with Crippen LogP contribution < -0.4 is 16.4 Å². The first-order chi connectivity index (χ1) is 9.87. The van der Waals surface area contributed by atoms with Crippen molar-refractivity contribution >= 4 is 11.8 Å². The molecule has 0 aromatic heterocycles. The predicted molar refractivity (Wildman–Crippen MR) is 77.3 cm³/mol. The molecule has 3 aliphatic rings. The molecule has 4 unspecified atom stereocenters. The quantitative estimate of drug-likeness (QED) is 0.664. The van der Waals surface area contributed by atoms with Crippen LogP contribution in [0.4, 0.5) is 0 Å². The van der Waals surface area contributed by atoms with E-state index in [0.29, 0.717) is 19.4 Å². The van der Waals surface area contributed by atoms with Gasteiger partial charge < -0.3 is 21.1 Å². The van der Waals surface area contributed by atoms with Gasteiger partial charge in [0.2, 0.25) is 11.8 Å². The van der Waals surface area contributed by atoms with Crippen molar-refractivity contribution in [1.29, 1.82) is 0 Å². The van der Waals surface area contributed by atoms with Crippen LogP contribution in [0.15, 0.2) is 0 Å². The van der Waals surface area contributed by atoms with Gasteiger partial charge in [-0.05, 0) is 19.3 Å². The van der Waals surface area contributed by atoms with Crippen molar-refractivity contribution < 1.29 is 14.3 Å². The van der Waals surface area contributed by atoms with Crippen LogP contribution in [-0.4, -0.2) is 42.7 Å². The first kappa shape index (κ1) is 14.8. The smallest absolute Gasteiger partial charge is 0.241 e. The van der Waals surface area contributed by atoms with E-state index < -0.39 is 5.54 Å².